The van der Waals surface area contributed by atoms with E-state index in [1.54, 1.807) is 0 Å². The summed E-state index contributed by atoms with van der Waals surface area (Å²) in [7, 11) is 0. The molecule has 0 aliphatic carbocycles. The third kappa shape index (κ3) is 12.9. The first kappa shape index (κ1) is 18.5. The average Bonchev–Trinajstić information content (AvgIpc) is 3.30. The van der Waals surface area contributed by atoms with Crippen molar-refractivity contribution >= 4 is 5.97 Å². The number of unbranched alkanes of at least 4 members (excludes halogenated alkanes) is 9. The van der Waals surface area contributed by atoms with E-state index in [0.717, 1.165) is 19.4 Å². The van der Waals surface area contributed by atoms with Crippen molar-refractivity contribution in [3.05, 3.63) is 0 Å². The van der Waals surface area contributed by atoms with Crippen molar-refractivity contribution in [1.82, 2.24) is 0 Å². The molecule has 124 valence electrons. The van der Waals surface area contributed by atoms with Gasteiger partial charge in [-0.15, -0.1) is 0 Å². The molecular weight excluding hydrogens is 264 g/mol. The molecule has 0 aromatic carbocycles. The number of ether oxygens (including phenoxy) is 2. The fraction of sp³-hybridized carbons (Fsp3) is 0.944. The highest BCUT2D eigenvalue weighted by Crippen LogP contribution is 2.18. The van der Waals surface area contributed by atoms with Crippen molar-refractivity contribution in [2.75, 3.05) is 13.2 Å². The predicted molar refractivity (Wildman–Crippen MR) is 86.4 cm³/mol. The minimum absolute atomic E-state index is 0.0200. The van der Waals surface area contributed by atoms with Gasteiger partial charge in [0.1, 0.15) is 0 Å². The van der Waals surface area contributed by atoms with Gasteiger partial charge in [-0.05, 0) is 19.3 Å². The lowest BCUT2D eigenvalue weighted by molar-refractivity contribution is -0.143. The molecule has 1 unspecified atom stereocenters. The van der Waals surface area contributed by atoms with Gasteiger partial charge in [0, 0.05) is 6.42 Å². The summed E-state index contributed by atoms with van der Waals surface area (Å²) in [6.45, 7) is 3.61. The van der Waals surface area contributed by atoms with Crippen LogP contribution in [-0.4, -0.2) is 25.3 Å². The first-order chi connectivity index (χ1) is 10.3. The van der Waals surface area contributed by atoms with Crippen LogP contribution in [0.2, 0.25) is 0 Å². The van der Waals surface area contributed by atoms with Crippen LogP contribution in [0.4, 0.5) is 0 Å². The van der Waals surface area contributed by atoms with Gasteiger partial charge in [0.15, 0.2) is 0 Å². The summed E-state index contributed by atoms with van der Waals surface area (Å²) >= 11 is 0. The smallest absolute Gasteiger partial charge is 0.305 e. The number of carbonyl (C=O) groups is 1. The Bertz CT molecular complexity index is 249. The van der Waals surface area contributed by atoms with Crippen LogP contribution in [0.5, 0.6) is 0 Å². The Morgan fingerprint density at radius 2 is 1.48 bits per heavy atom. The second-order valence-corrected chi connectivity index (χ2v) is 6.25. The monoisotopic (exact) mass is 298 g/mol. The number of hydrogen-bond donors (Lipinski definition) is 0. The molecule has 3 heteroatoms. The largest absolute Gasteiger partial charge is 0.466 e. The van der Waals surface area contributed by atoms with Crippen LogP contribution < -0.4 is 0 Å². The van der Waals surface area contributed by atoms with Gasteiger partial charge in [0.25, 0.3) is 0 Å². The molecule has 0 amide bonds. The lowest BCUT2D eigenvalue weighted by Crippen LogP contribution is -2.04. The first-order valence-corrected chi connectivity index (χ1v) is 9.10. The normalized spacial score (nSPS) is 16.9. The molecule has 0 bridgehead atoms. The zero-order valence-corrected chi connectivity index (χ0v) is 13.9. The Morgan fingerprint density at radius 3 is 2.00 bits per heavy atom. The molecule has 0 aromatic rings. The number of carbonyl (C=O) groups excluding carboxylic acids is 1. The highest BCUT2D eigenvalue weighted by molar-refractivity contribution is 5.69. The van der Waals surface area contributed by atoms with Gasteiger partial charge in [-0.25, -0.2) is 0 Å². The zero-order valence-electron chi connectivity index (χ0n) is 13.9. The molecule has 1 rings (SSSR count). The molecule has 0 radical (unpaired) electrons. The maximum Gasteiger partial charge on any atom is 0.305 e. The second-order valence-electron chi connectivity index (χ2n) is 6.25. The minimum atomic E-state index is -0.0200. The Balaban J connectivity index is 1.67. The van der Waals surface area contributed by atoms with Crippen molar-refractivity contribution in [2.45, 2.75) is 96.5 Å². The maximum atomic E-state index is 11.3. The molecular formula is C18H34O3. The second kappa shape index (κ2) is 13.1. The molecule has 0 aromatic heterocycles. The van der Waals surface area contributed by atoms with Crippen LogP contribution in [0.3, 0.4) is 0 Å². The van der Waals surface area contributed by atoms with E-state index in [4.69, 9.17) is 9.47 Å². The van der Waals surface area contributed by atoms with Gasteiger partial charge in [-0.3, -0.25) is 4.79 Å². The zero-order chi connectivity index (χ0) is 15.2. The molecule has 0 N–H and O–H groups in total. The van der Waals surface area contributed by atoms with Crippen LogP contribution >= 0.6 is 0 Å². The van der Waals surface area contributed by atoms with Gasteiger partial charge >= 0.3 is 5.97 Å². The molecule has 1 aliphatic heterocycles. The summed E-state index contributed by atoms with van der Waals surface area (Å²) in [5.74, 6) is -0.0200. The summed E-state index contributed by atoms with van der Waals surface area (Å²) < 4.78 is 10.3. The Kier molecular flexibility index (Phi) is 11.5. The fourth-order valence-corrected chi connectivity index (χ4v) is 2.58. The summed E-state index contributed by atoms with van der Waals surface area (Å²) in [5, 5.41) is 0. The van der Waals surface area contributed by atoms with E-state index >= 15 is 0 Å². The van der Waals surface area contributed by atoms with Crippen molar-refractivity contribution in [2.24, 2.45) is 0 Å². The van der Waals surface area contributed by atoms with Crippen LogP contribution in [0.1, 0.15) is 90.4 Å². The summed E-state index contributed by atoms with van der Waals surface area (Å²) in [4.78, 5) is 11.3. The molecule has 1 heterocycles. The minimum Gasteiger partial charge on any atom is -0.466 e. The number of rotatable bonds is 15. The van der Waals surface area contributed by atoms with E-state index in [2.05, 4.69) is 0 Å². The molecule has 1 aliphatic rings. The molecule has 1 fully saturated rings. The molecule has 1 atom stereocenters. The van der Waals surface area contributed by atoms with Crippen LogP contribution in [0, 0.1) is 0 Å². The van der Waals surface area contributed by atoms with Gasteiger partial charge < -0.3 is 9.47 Å². The predicted octanol–water partition coefficient (Wildman–Crippen LogP) is 5.02. The topological polar surface area (TPSA) is 38.8 Å². The molecule has 0 saturated carbocycles. The lowest BCUT2D eigenvalue weighted by Gasteiger charge is -2.04. The molecule has 21 heavy (non-hydrogen) atoms. The number of epoxide rings is 1. The average molecular weight is 298 g/mol. The number of hydrogen-bond acceptors (Lipinski definition) is 3. The summed E-state index contributed by atoms with van der Waals surface area (Å²) in [6.07, 6.45) is 16.4. The van der Waals surface area contributed by atoms with Gasteiger partial charge in [-0.2, -0.15) is 0 Å². The third-order valence-corrected chi connectivity index (χ3v) is 4.03. The van der Waals surface area contributed by atoms with Gasteiger partial charge in [0.05, 0.1) is 19.3 Å². The van der Waals surface area contributed by atoms with Crippen LogP contribution in [0.15, 0.2) is 0 Å². The summed E-state index contributed by atoms with van der Waals surface area (Å²) in [5.41, 5.74) is 0. The quantitative estimate of drug-likeness (QED) is 0.242. The van der Waals surface area contributed by atoms with Crippen molar-refractivity contribution in [3.8, 4) is 0 Å². The summed E-state index contributed by atoms with van der Waals surface area (Å²) in [6, 6.07) is 0. The standard InChI is InChI=1S/C18H34O3/c1-2-15-20-18(19)14-12-10-8-6-4-3-5-7-9-11-13-17-16-21-17/h17H,2-16H2,1H3. The van der Waals surface area contributed by atoms with E-state index in [9.17, 15) is 4.79 Å². The maximum absolute atomic E-state index is 11.3. The van der Waals surface area contributed by atoms with Crippen molar-refractivity contribution < 1.29 is 14.3 Å². The number of esters is 1. The van der Waals surface area contributed by atoms with Gasteiger partial charge in [-0.1, -0.05) is 64.7 Å². The highest BCUT2D eigenvalue weighted by atomic mass is 16.6. The van der Waals surface area contributed by atoms with E-state index in [1.807, 2.05) is 6.92 Å². The molecule has 0 spiro atoms. The van der Waals surface area contributed by atoms with Crippen molar-refractivity contribution in [3.63, 3.8) is 0 Å². The van der Waals surface area contributed by atoms with E-state index in [1.165, 1.54) is 64.2 Å². The van der Waals surface area contributed by atoms with Crippen molar-refractivity contribution in [1.29, 1.82) is 0 Å². The Morgan fingerprint density at radius 1 is 0.952 bits per heavy atom. The van der Waals surface area contributed by atoms with E-state index in [-0.39, 0.29) is 5.97 Å². The SMILES string of the molecule is CCCOC(=O)CCCCCCCCCCCCC1CO1. The van der Waals surface area contributed by atoms with E-state index in [0.29, 0.717) is 19.1 Å². The van der Waals surface area contributed by atoms with Crippen LogP contribution in [0.25, 0.3) is 0 Å². The van der Waals surface area contributed by atoms with Gasteiger partial charge in [0.2, 0.25) is 0 Å². The fourth-order valence-electron chi connectivity index (χ4n) is 2.58. The highest BCUT2D eigenvalue weighted by Gasteiger charge is 2.20. The lowest BCUT2D eigenvalue weighted by atomic mass is 10.0. The Labute approximate surface area is 130 Å². The van der Waals surface area contributed by atoms with E-state index < -0.39 is 0 Å². The third-order valence-electron chi connectivity index (χ3n) is 4.03. The Hall–Kier alpha value is -0.570. The first-order valence-electron chi connectivity index (χ1n) is 9.10. The molecule has 3 nitrogen and oxygen atoms in total. The van der Waals surface area contributed by atoms with Crippen LogP contribution in [-0.2, 0) is 14.3 Å². The molecule has 1 saturated heterocycles.